The highest BCUT2D eigenvalue weighted by molar-refractivity contribution is 6.62. The monoisotopic (exact) mass is 307 g/mol. The highest BCUT2D eigenvalue weighted by atomic mass is 19.1. The minimum atomic E-state index is -0.779. The number of hydrogen-bond donors (Lipinski definition) is 0. The quantitative estimate of drug-likeness (QED) is 0.746. The Balaban J connectivity index is 2.00. The molecule has 0 saturated carbocycles. The van der Waals surface area contributed by atoms with Gasteiger partial charge in [-0.25, -0.2) is 9.18 Å². The molecule has 0 aliphatic carbocycles. The molecule has 0 N–H and O–H groups in total. The maximum atomic E-state index is 14.8. The summed E-state index contributed by atoms with van der Waals surface area (Å²) >= 11 is 0. The van der Waals surface area contributed by atoms with E-state index in [0.717, 1.165) is 0 Å². The van der Waals surface area contributed by atoms with E-state index >= 15 is 0 Å². The number of hydrogen-bond acceptors (Lipinski definition) is 4. The van der Waals surface area contributed by atoms with Crippen LogP contribution in [0.2, 0.25) is 0 Å². The van der Waals surface area contributed by atoms with E-state index in [-0.39, 0.29) is 6.61 Å². The van der Waals surface area contributed by atoms with E-state index in [2.05, 4.69) is 0 Å². The number of fused-ring (bicyclic) bond motifs is 1. The molecule has 0 spiro atoms. The predicted molar refractivity (Wildman–Crippen MR) is 80.7 cm³/mol. The van der Waals surface area contributed by atoms with Crippen molar-refractivity contribution in [3.63, 3.8) is 0 Å². The molecule has 1 saturated heterocycles. The molecule has 5 nitrogen and oxygen atoms in total. The van der Waals surface area contributed by atoms with Crippen molar-refractivity contribution < 1.29 is 23.2 Å². The van der Waals surface area contributed by atoms with Gasteiger partial charge in [-0.05, 0) is 33.8 Å². The number of benzene rings is 1. The zero-order chi connectivity index (χ0) is 16.3. The molecule has 1 fully saturated rings. The van der Waals surface area contributed by atoms with Crippen molar-refractivity contribution in [1.82, 2.24) is 0 Å². The molecule has 118 valence electrons. The van der Waals surface area contributed by atoms with Crippen LogP contribution in [-0.2, 0) is 20.7 Å². The summed E-state index contributed by atoms with van der Waals surface area (Å²) in [6.45, 7) is 7.58. The zero-order valence-corrected chi connectivity index (χ0v) is 13.4. The van der Waals surface area contributed by atoms with Crippen molar-refractivity contribution >= 4 is 24.4 Å². The first-order chi connectivity index (χ1) is 10.1. The van der Waals surface area contributed by atoms with Crippen LogP contribution in [0.5, 0.6) is 0 Å². The molecule has 0 bridgehead atoms. The molecular formula is C15H19BFNO4. The minimum Gasteiger partial charge on any atom is -0.444 e. The summed E-state index contributed by atoms with van der Waals surface area (Å²) in [5, 5.41) is 0. The van der Waals surface area contributed by atoms with Crippen LogP contribution in [-0.4, -0.2) is 31.5 Å². The Morgan fingerprint density at radius 1 is 1.18 bits per heavy atom. The van der Waals surface area contributed by atoms with Crippen LogP contribution in [0.1, 0.15) is 33.3 Å². The lowest BCUT2D eigenvalue weighted by Gasteiger charge is -2.32. The fourth-order valence-corrected chi connectivity index (χ4v) is 2.56. The minimum absolute atomic E-state index is 0.0856. The van der Waals surface area contributed by atoms with E-state index in [0.29, 0.717) is 16.7 Å². The number of halogens is 1. The van der Waals surface area contributed by atoms with E-state index in [1.54, 1.807) is 19.2 Å². The summed E-state index contributed by atoms with van der Waals surface area (Å²) in [6, 6.07) is 3.30. The summed E-state index contributed by atoms with van der Waals surface area (Å²) in [7, 11) is 0.770. The first kappa shape index (κ1) is 15.3. The molecule has 1 amide bonds. The third-order valence-electron chi connectivity index (χ3n) is 4.73. The van der Waals surface area contributed by atoms with Crippen LogP contribution in [0.3, 0.4) is 0 Å². The van der Waals surface area contributed by atoms with Crippen molar-refractivity contribution in [1.29, 1.82) is 0 Å². The van der Waals surface area contributed by atoms with Gasteiger partial charge >= 0.3 is 13.2 Å². The zero-order valence-electron chi connectivity index (χ0n) is 13.4. The number of cyclic esters (lactones) is 1. The molecule has 3 rings (SSSR count). The standard InChI is InChI=1S/C15H19BFNO4/c1-14(2)15(3,4)22-16(21-14)10-6-7-11-9(12(10)17)8-20-13(19)18(11)5/h6-7H,8H2,1-5H3. The number of rotatable bonds is 1. The number of anilines is 1. The van der Waals surface area contributed by atoms with Crippen LogP contribution in [0, 0.1) is 5.82 Å². The van der Waals surface area contributed by atoms with Crippen molar-refractivity contribution in [2.24, 2.45) is 0 Å². The molecule has 2 heterocycles. The van der Waals surface area contributed by atoms with E-state index < -0.39 is 30.2 Å². The molecule has 2 aliphatic heterocycles. The second kappa shape index (κ2) is 4.70. The lowest BCUT2D eigenvalue weighted by Crippen LogP contribution is -2.41. The summed E-state index contributed by atoms with van der Waals surface area (Å²) < 4.78 is 31.6. The average Bonchev–Trinajstić information content (AvgIpc) is 2.63. The normalized spacial score (nSPS) is 22.5. The van der Waals surface area contributed by atoms with Gasteiger partial charge in [0.1, 0.15) is 12.4 Å². The fourth-order valence-electron chi connectivity index (χ4n) is 2.56. The van der Waals surface area contributed by atoms with E-state index in [9.17, 15) is 9.18 Å². The number of carbonyl (C=O) groups excluding carboxylic acids is 1. The van der Waals surface area contributed by atoms with Gasteiger partial charge in [-0.3, -0.25) is 4.90 Å². The maximum Gasteiger partial charge on any atom is 0.497 e. The molecule has 1 aromatic rings. The Morgan fingerprint density at radius 2 is 1.77 bits per heavy atom. The highest BCUT2D eigenvalue weighted by Gasteiger charge is 2.52. The Hall–Kier alpha value is -1.60. The van der Waals surface area contributed by atoms with Gasteiger partial charge in [0.2, 0.25) is 0 Å². The molecule has 0 unspecified atom stereocenters. The Morgan fingerprint density at radius 3 is 2.36 bits per heavy atom. The summed E-state index contributed by atoms with van der Waals surface area (Å²) in [4.78, 5) is 12.8. The smallest absolute Gasteiger partial charge is 0.444 e. The summed E-state index contributed by atoms with van der Waals surface area (Å²) in [5.74, 6) is -0.449. The SMILES string of the molecule is CN1C(=O)OCc2c1ccc(B1OC(C)(C)C(C)(C)O1)c2F. The molecule has 2 aliphatic rings. The molecule has 0 radical (unpaired) electrons. The van der Waals surface area contributed by atoms with E-state index in [1.165, 1.54) is 4.90 Å². The molecule has 0 atom stereocenters. The maximum absolute atomic E-state index is 14.8. The third kappa shape index (κ3) is 2.11. The Labute approximate surface area is 129 Å². The van der Waals surface area contributed by atoms with E-state index in [4.69, 9.17) is 14.0 Å². The molecule has 7 heteroatoms. The molecule has 1 aromatic carbocycles. The first-order valence-corrected chi connectivity index (χ1v) is 7.21. The summed E-state index contributed by atoms with van der Waals surface area (Å²) in [6.07, 6.45) is -0.490. The van der Waals surface area contributed by atoms with Gasteiger partial charge in [0, 0.05) is 18.1 Å². The lowest BCUT2D eigenvalue weighted by atomic mass is 9.77. The van der Waals surface area contributed by atoms with Crippen LogP contribution >= 0.6 is 0 Å². The lowest BCUT2D eigenvalue weighted by molar-refractivity contribution is 0.00578. The number of amides is 1. The second-order valence-electron chi connectivity index (χ2n) is 6.67. The van der Waals surface area contributed by atoms with Gasteiger partial charge in [-0.15, -0.1) is 0 Å². The molecule has 22 heavy (non-hydrogen) atoms. The molecule has 0 aromatic heterocycles. The number of ether oxygens (including phenoxy) is 1. The Bertz CT molecular complexity index is 631. The van der Waals surface area contributed by atoms with Crippen molar-refractivity contribution in [3.05, 3.63) is 23.5 Å². The van der Waals surface area contributed by atoms with Crippen LogP contribution in [0.25, 0.3) is 0 Å². The van der Waals surface area contributed by atoms with Gasteiger partial charge < -0.3 is 14.0 Å². The average molecular weight is 307 g/mol. The highest BCUT2D eigenvalue weighted by Crippen LogP contribution is 2.37. The summed E-state index contributed by atoms with van der Waals surface area (Å²) in [5.41, 5.74) is 0.0964. The third-order valence-corrected chi connectivity index (χ3v) is 4.73. The van der Waals surface area contributed by atoms with Crippen molar-refractivity contribution in [3.8, 4) is 0 Å². The first-order valence-electron chi connectivity index (χ1n) is 7.21. The number of nitrogens with zero attached hydrogens (tertiary/aromatic N) is 1. The molecular weight excluding hydrogens is 288 g/mol. The van der Waals surface area contributed by atoms with Crippen molar-refractivity contribution in [2.75, 3.05) is 11.9 Å². The largest absolute Gasteiger partial charge is 0.497 e. The van der Waals surface area contributed by atoms with E-state index in [1.807, 2.05) is 27.7 Å². The van der Waals surface area contributed by atoms with Gasteiger partial charge in [-0.1, -0.05) is 6.07 Å². The van der Waals surface area contributed by atoms with Crippen LogP contribution < -0.4 is 10.4 Å². The predicted octanol–water partition coefficient (Wildman–Crippen LogP) is 2.21. The van der Waals surface area contributed by atoms with Crippen LogP contribution in [0.15, 0.2) is 12.1 Å². The van der Waals surface area contributed by atoms with Gasteiger partial charge in [0.25, 0.3) is 0 Å². The fraction of sp³-hybridized carbons (Fsp3) is 0.533. The second-order valence-corrected chi connectivity index (χ2v) is 6.67. The van der Waals surface area contributed by atoms with Crippen molar-refractivity contribution in [2.45, 2.75) is 45.5 Å². The topological polar surface area (TPSA) is 48.0 Å². The van der Waals surface area contributed by atoms with Gasteiger partial charge in [-0.2, -0.15) is 0 Å². The van der Waals surface area contributed by atoms with Gasteiger partial charge in [0.15, 0.2) is 0 Å². The van der Waals surface area contributed by atoms with Crippen LogP contribution in [0.4, 0.5) is 14.9 Å². The van der Waals surface area contributed by atoms with Gasteiger partial charge in [0.05, 0.1) is 16.9 Å². The Kier molecular flexibility index (Phi) is 3.27. The number of carbonyl (C=O) groups is 1.